The number of hydrogen-bond donors (Lipinski definition) is 0. The molecule has 0 fully saturated rings. The summed E-state index contributed by atoms with van der Waals surface area (Å²) in [7, 11) is 1.69. The maximum Gasteiger partial charge on any atom is 0.178 e. The molecule has 4 rings (SSSR count). The Hall–Kier alpha value is -2.79. The molecule has 0 radical (unpaired) electrons. The van der Waals surface area contributed by atoms with Gasteiger partial charge >= 0.3 is 0 Å². The second-order valence-corrected chi connectivity index (χ2v) is 5.97. The Balaban J connectivity index is 1.63. The van der Waals surface area contributed by atoms with E-state index < -0.39 is 0 Å². The molecular weight excluding hydrogens is 314 g/mol. The average molecular weight is 333 g/mol. The number of benzene rings is 1. The van der Waals surface area contributed by atoms with Gasteiger partial charge in [0.2, 0.25) is 0 Å². The zero-order valence-corrected chi connectivity index (χ0v) is 14.1. The van der Waals surface area contributed by atoms with Gasteiger partial charge in [-0.15, -0.1) is 0 Å². The lowest BCUT2D eigenvalue weighted by Gasteiger charge is -2.15. The molecule has 0 bridgehead atoms. The molecule has 0 amide bonds. The summed E-state index contributed by atoms with van der Waals surface area (Å²) in [4.78, 5) is 13.9. The Morgan fingerprint density at radius 3 is 2.92 bits per heavy atom. The van der Waals surface area contributed by atoms with Gasteiger partial charge in [0, 0.05) is 35.9 Å². The fraction of sp³-hybridized carbons (Fsp3) is 0.250. The lowest BCUT2D eigenvalue weighted by atomic mass is 10.1. The van der Waals surface area contributed by atoms with Gasteiger partial charge in [0.1, 0.15) is 11.4 Å². The van der Waals surface area contributed by atoms with Gasteiger partial charge in [0.05, 0.1) is 26.0 Å². The Morgan fingerprint density at radius 2 is 2.00 bits per heavy atom. The monoisotopic (exact) mass is 333 g/mol. The van der Waals surface area contributed by atoms with Crippen molar-refractivity contribution in [2.45, 2.75) is 19.4 Å². The number of rotatable bonds is 4. The van der Waals surface area contributed by atoms with E-state index in [9.17, 15) is 0 Å². The maximum absolute atomic E-state index is 5.44. The van der Waals surface area contributed by atoms with Crippen molar-refractivity contribution in [1.82, 2.24) is 15.0 Å². The molecule has 25 heavy (non-hydrogen) atoms. The molecule has 126 valence electrons. The predicted molar refractivity (Wildman–Crippen MR) is 94.4 cm³/mol. The van der Waals surface area contributed by atoms with Crippen molar-refractivity contribution in [3.05, 3.63) is 71.2 Å². The van der Waals surface area contributed by atoms with E-state index in [-0.39, 0.29) is 0 Å². The number of para-hydroxylation sites is 1. The van der Waals surface area contributed by atoms with Gasteiger partial charge in [-0.25, -0.2) is 15.0 Å². The number of pyridine rings is 1. The van der Waals surface area contributed by atoms with E-state index in [1.54, 1.807) is 7.11 Å². The quantitative estimate of drug-likeness (QED) is 0.734. The Bertz CT molecular complexity index is 896. The van der Waals surface area contributed by atoms with Crippen LogP contribution in [-0.2, 0) is 24.2 Å². The Kier molecular flexibility index (Phi) is 4.39. The second kappa shape index (κ2) is 6.99. The summed E-state index contributed by atoms with van der Waals surface area (Å²) < 4.78 is 10.9. The molecule has 0 unspecified atom stereocenters. The minimum Gasteiger partial charge on any atom is -0.496 e. The molecule has 0 saturated carbocycles. The van der Waals surface area contributed by atoms with E-state index in [0.29, 0.717) is 25.5 Å². The molecule has 3 heterocycles. The smallest absolute Gasteiger partial charge is 0.178 e. The van der Waals surface area contributed by atoms with Gasteiger partial charge in [-0.05, 0) is 18.2 Å². The van der Waals surface area contributed by atoms with Gasteiger partial charge < -0.3 is 9.47 Å². The van der Waals surface area contributed by atoms with Gasteiger partial charge in [-0.3, -0.25) is 0 Å². The summed E-state index contributed by atoms with van der Waals surface area (Å²) in [5.41, 5.74) is 5.00. The van der Waals surface area contributed by atoms with E-state index in [1.165, 1.54) is 0 Å². The lowest BCUT2D eigenvalue weighted by molar-refractivity contribution is 0.109. The normalized spacial score (nSPS) is 13.3. The molecule has 5 heteroatoms. The molecule has 0 atom stereocenters. The Morgan fingerprint density at radius 1 is 1.08 bits per heavy atom. The van der Waals surface area contributed by atoms with Crippen molar-refractivity contribution >= 4 is 0 Å². The van der Waals surface area contributed by atoms with E-state index in [4.69, 9.17) is 14.5 Å². The molecule has 0 N–H and O–H groups in total. The van der Waals surface area contributed by atoms with Crippen LogP contribution in [0, 0.1) is 0 Å². The van der Waals surface area contributed by atoms with Crippen LogP contribution in [0.2, 0.25) is 0 Å². The zero-order valence-electron chi connectivity index (χ0n) is 14.1. The molecular formula is C20H19N3O2. The van der Waals surface area contributed by atoms with Gasteiger partial charge in [0.15, 0.2) is 5.82 Å². The molecule has 0 spiro atoms. The highest BCUT2D eigenvalue weighted by Crippen LogP contribution is 2.22. The van der Waals surface area contributed by atoms with Crippen molar-refractivity contribution < 1.29 is 9.47 Å². The van der Waals surface area contributed by atoms with Crippen molar-refractivity contribution in [3.8, 4) is 17.3 Å². The SMILES string of the molecule is COc1ccccc1Cc1cccc(-c2ncc3c(n2)CCOC3)n1. The van der Waals surface area contributed by atoms with E-state index in [1.807, 2.05) is 42.6 Å². The number of fused-ring (bicyclic) bond motifs is 1. The fourth-order valence-electron chi connectivity index (χ4n) is 3.00. The van der Waals surface area contributed by atoms with Gasteiger partial charge in [-0.2, -0.15) is 0 Å². The maximum atomic E-state index is 5.44. The van der Waals surface area contributed by atoms with Crippen LogP contribution in [-0.4, -0.2) is 28.7 Å². The summed E-state index contributed by atoms with van der Waals surface area (Å²) >= 11 is 0. The zero-order chi connectivity index (χ0) is 17.1. The van der Waals surface area contributed by atoms with E-state index in [2.05, 4.69) is 16.0 Å². The molecule has 0 saturated heterocycles. The molecule has 2 aromatic heterocycles. The number of ether oxygens (including phenoxy) is 2. The number of methoxy groups -OCH3 is 1. The minimum atomic E-state index is 0.594. The van der Waals surface area contributed by atoms with Crippen LogP contribution in [0.1, 0.15) is 22.5 Å². The van der Waals surface area contributed by atoms with Crippen LogP contribution in [0.25, 0.3) is 11.5 Å². The molecule has 3 aromatic rings. The highest BCUT2D eigenvalue weighted by molar-refractivity contribution is 5.50. The number of hydrogen-bond acceptors (Lipinski definition) is 5. The topological polar surface area (TPSA) is 57.1 Å². The minimum absolute atomic E-state index is 0.594. The lowest BCUT2D eigenvalue weighted by Crippen LogP contribution is -2.13. The molecule has 1 aromatic carbocycles. The molecule has 0 aliphatic carbocycles. The largest absolute Gasteiger partial charge is 0.496 e. The van der Waals surface area contributed by atoms with Crippen molar-refractivity contribution in [2.75, 3.05) is 13.7 Å². The summed E-state index contributed by atoms with van der Waals surface area (Å²) in [5.74, 6) is 1.54. The summed E-state index contributed by atoms with van der Waals surface area (Å²) in [5, 5.41) is 0. The Labute approximate surface area is 146 Å². The van der Waals surface area contributed by atoms with Crippen LogP contribution < -0.4 is 4.74 Å². The highest BCUT2D eigenvalue weighted by Gasteiger charge is 2.14. The first kappa shape index (κ1) is 15.7. The van der Waals surface area contributed by atoms with E-state index >= 15 is 0 Å². The van der Waals surface area contributed by atoms with Crippen molar-refractivity contribution in [3.63, 3.8) is 0 Å². The second-order valence-electron chi connectivity index (χ2n) is 5.97. The van der Waals surface area contributed by atoms with Gasteiger partial charge in [0.25, 0.3) is 0 Å². The highest BCUT2D eigenvalue weighted by atomic mass is 16.5. The third kappa shape index (κ3) is 3.37. The predicted octanol–water partition coefficient (Wildman–Crippen LogP) is 3.21. The van der Waals surface area contributed by atoms with Crippen LogP contribution in [0.4, 0.5) is 0 Å². The summed E-state index contributed by atoms with van der Waals surface area (Å²) in [6.07, 6.45) is 3.38. The third-order valence-corrected chi connectivity index (χ3v) is 4.29. The number of nitrogens with zero attached hydrogens (tertiary/aromatic N) is 3. The fourth-order valence-corrected chi connectivity index (χ4v) is 3.00. The first-order chi connectivity index (χ1) is 12.3. The van der Waals surface area contributed by atoms with Crippen LogP contribution >= 0.6 is 0 Å². The van der Waals surface area contributed by atoms with E-state index in [0.717, 1.165) is 40.4 Å². The third-order valence-electron chi connectivity index (χ3n) is 4.29. The first-order valence-electron chi connectivity index (χ1n) is 8.34. The first-order valence-corrected chi connectivity index (χ1v) is 8.34. The average Bonchev–Trinajstić information content (AvgIpc) is 2.68. The molecule has 5 nitrogen and oxygen atoms in total. The molecule has 1 aliphatic heterocycles. The van der Waals surface area contributed by atoms with Crippen LogP contribution in [0.3, 0.4) is 0 Å². The summed E-state index contributed by atoms with van der Waals surface area (Å²) in [6.45, 7) is 1.31. The van der Waals surface area contributed by atoms with Gasteiger partial charge in [-0.1, -0.05) is 24.3 Å². The van der Waals surface area contributed by atoms with Crippen LogP contribution in [0.15, 0.2) is 48.7 Å². The van der Waals surface area contributed by atoms with Crippen molar-refractivity contribution in [1.29, 1.82) is 0 Å². The van der Waals surface area contributed by atoms with Crippen molar-refractivity contribution in [2.24, 2.45) is 0 Å². The standard InChI is InChI=1S/C20H19N3O2/c1-24-19-8-3-2-5-14(19)11-16-6-4-7-18(22-16)20-21-12-15-13-25-10-9-17(15)23-20/h2-8,12H,9-11,13H2,1H3. The van der Waals surface area contributed by atoms with Crippen LogP contribution in [0.5, 0.6) is 5.75 Å². The molecule has 1 aliphatic rings. The summed E-state index contributed by atoms with van der Waals surface area (Å²) in [6, 6.07) is 14.0. The number of aromatic nitrogens is 3.